The fourth-order valence-electron chi connectivity index (χ4n) is 3.18. The van der Waals surface area contributed by atoms with Crippen LogP contribution in [0.2, 0.25) is 5.02 Å². The molecule has 1 heterocycles. The lowest BCUT2D eigenvalue weighted by Gasteiger charge is -2.30. The molecule has 162 valence electrons. The first-order valence-corrected chi connectivity index (χ1v) is 9.93. The molecule has 0 unspecified atom stereocenters. The van der Waals surface area contributed by atoms with Crippen LogP contribution >= 0.6 is 11.6 Å². The Bertz CT molecular complexity index is 1060. The summed E-state index contributed by atoms with van der Waals surface area (Å²) in [7, 11) is 2.86. The van der Waals surface area contributed by atoms with E-state index in [4.69, 9.17) is 25.5 Å². The number of ether oxygens (including phenoxy) is 2. The second-order valence-electron chi connectivity index (χ2n) is 7.19. The SMILES string of the molecule is COC(=O)C[C@](C)(NC(=O)Cc1coc(-c2ccc(Cl)cc2)n1)c1cccc(OC)c1. The smallest absolute Gasteiger partial charge is 0.308 e. The molecule has 3 rings (SSSR count). The highest BCUT2D eigenvalue weighted by atomic mass is 35.5. The summed E-state index contributed by atoms with van der Waals surface area (Å²) in [6.07, 6.45) is 1.38. The first-order chi connectivity index (χ1) is 14.8. The van der Waals surface area contributed by atoms with Crippen molar-refractivity contribution >= 4 is 23.5 Å². The summed E-state index contributed by atoms with van der Waals surface area (Å²) in [5.41, 5.74) is 0.936. The molecule has 0 aliphatic carbocycles. The van der Waals surface area contributed by atoms with Crippen LogP contribution in [0.25, 0.3) is 11.5 Å². The fourth-order valence-corrected chi connectivity index (χ4v) is 3.30. The number of nitrogens with one attached hydrogen (secondary N) is 1. The highest BCUT2D eigenvalue weighted by Gasteiger charge is 2.32. The van der Waals surface area contributed by atoms with Crippen LogP contribution in [-0.4, -0.2) is 31.1 Å². The predicted molar refractivity (Wildman–Crippen MR) is 116 cm³/mol. The van der Waals surface area contributed by atoms with Crippen molar-refractivity contribution in [3.8, 4) is 17.2 Å². The number of methoxy groups -OCH3 is 2. The lowest BCUT2D eigenvalue weighted by molar-refractivity contribution is -0.142. The van der Waals surface area contributed by atoms with Gasteiger partial charge in [0.25, 0.3) is 0 Å². The minimum Gasteiger partial charge on any atom is -0.497 e. The van der Waals surface area contributed by atoms with Crippen molar-refractivity contribution in [3.63, 3.8) is 0 Å². The standard InChI is InChI=1S/C23H23ClN2O5/c1-23(13-21(28)30-3,16-5-4-6-19(11-16)29-2)26-20(27)12-18-14-31-22(25-18)15-7-9-17(24)10-8-15/h4-11,14H,12-13H2,1-3H3,(H,26,27)/t23-/m0/s1. The number of rotatable bonds is 8. The van der Waals surface area contributed by atoms with Gasteiger partial charge in [-0.3, -0.25) is 9.59 Å². The van der Waals surface area contributed by atoms with Gasteiger partial charge in [-0.1, -0.05) is 23.7 Å². The van der Waals surface area contributed by atoms with Crippen LogP contribution in [-0.2, 0) is 26.3 Å². The predicted octanol–water partition coefficient (Wildman–Crippen LogP) is 4.14. The minimum atomic E-state index is -0.999. The normalized spacial score (nSPS) is 12.6. The van der Waals surface area contributed by atoms with Gasteiger partial charge in [-0.2, -0.15) is 0 Å². The Labute approximate surface area is 185 Å². The van der Waals surface area contributed by atoms with E-state index < -0.39 is 11.5 Å². The third kappa shape index (κ3) is 5.64. The molecule has 0 saturated heterocycles. The largest absolute Gasteiger partial charge is 0.497 e. The van der Waals surface area contributed by atoms with E-state index >= 15 is 0 Å². The van der Waals surface area contributed by atoms with Crippen LogP contribution in [0.1, 0.15) is 24.6 Å². The molecule has 0 fully saturated rings. The third-order valence-electron chi connectivity index (χ3n) is 4.83. The zero-order chi connectivity index (χ0) is 22.4. The van der Waals surface area contributed by atoms with Gasteiger partial charge in [0.15, 0.2) is 0 Å². The van der Waals surface area contributed by atoms with Gasteiger partial charge in [-0.25, -0.2) is 4.98 Å². The Hall–Kier alpha value is -3.32. The fraction of sp³-hybridized carbons (Fsp3) is 0.261. The molecule has 0 radical (unpaired) electrons. The molecule has 1 amide bonds. The van der Waals surface area contributed by atoms with Crippen molar-refractivity contribution in [2.45, 2.75) is 25.3 Å². The summed E-state index contributed by atoms with van der Waals surface area (Å²) < 4.78 is 15.6. The molecule has 1 atom stereocenters. The van der Waals surface area contributed by atoms with Crippen molar-refractivity contribution in [3.05, 3.63) is 71.1 Å². The first kappa shape index (κ1) is 22.4. The summed E-state index contributed by atoms with van der Waals surface area (Å²) in [5.74, 6) is 0.249. The Kier molecular flexibility index (Phi) is 6.97. The molecular formula is C23H23ClN2O5. The van der Waals surface area contributed by atoms with Crippen molar-refractivity contribution in [1.29, 1.82) is 0 Å². The molecule has 0 saturated carbocycles. The van der Waals surface area contributed by atoms with Crippen LogP contribution in [0.5, 0.6) is 5.75 Å². The average Bonchev–Trinajstić information content (AvgIpc) is 3.22. The molecular weight excluding hydrogens is 420 g/mol. The van der Waals surface area contributed by atoms with Gasteiger partial charge in [0.2, 0.25) is 11.8 Å². The summed E-state index contributed by atoms with van der Waals surface area (Å²) in [5, 5.41) is 3.55. The molecule has 0 aliphatic heterocycles. The van der Waals surface area contributed by atoms with Crippen LogP contribution in [0.3, 0.4) is 0 Å². The number of hydrogen-bond acceptors (Lipinski definition) is 6. The lowest BCUT2D eigenvalue weighted by atomic mass is 9.88. The number of nitrogens with zero attached hydrogens (tertiary/aromatic N) is 1. The van der Waals surface area contributed by atoms with E-state index in [2.05, 4.69) is 10.3 Å². The molecule has 0 aliphatic rings. The summed E-state index contributed by atoms with van der Waals surface area (Å²) in [6, 6.07) is 14.2. The number of halogens is 1. The van der Waals surface area contributed by atoms with E-state index in [1.165, 1.54) is 13.4 Å². The van der Waals surface area contributed by atoms with E-state index in [-0.39, 0.29) is 18.7 Å². The Morgan fingerprint density at radius 3 is 2.58 bits per heavy atom. The van der Waals surface area contributed by atoms with E-state index in [0.29, 0.717) is 27.9 Å². The second-order valence-corrected chi connectivity index (χ2v) is 7.63. The van der Waals surface area contributed by atoms with Gasteiger partial charge in [-0.05, 0) is 48.9 Å². The molecule has 7 nitrogen and oxygen atoms in total. The average molecular weight is 443 g/mol. The monoisotopic (exact) mass is 442 g/mol. The van der Waals surface area contributed by atoms with Gasteiger partial charge in [0.05, 0.1) is 38.3 Å². The third-order valence-corrected chi connectivity index (χ3v) is 5.08. The summed E-state index contributed by atoms with van der Waals surface area (Å²) in [4.78, 5) is 29.2. The molecule has 3 aromatic rings. The van der Waals surface area contributed by atoms with Gasteiger partial charge in [-0.15, -0.1) is 0 Å². The van der Waals surface area contributed by atoms with Gasteiger partial charge in [0, 0.05) is 10.6 Å². The number of oxazole rings is 1. The highest BCUT2D eigenvalue weighted by Crippen LogP contribution is 2.28. The van der Waals surface area contributed by atoms with Gasteiger partial charge in [0.1, 0.15) is 12.0 Å². The zero-order valence-corrected chi connectivity index (χ0v) is 18.2. The Balaban J connectivity index is 1.77. The van der Waals surface area contributed by atoms with Crippen LogP contribution < -0.4 is 10.1 Å². The maximum Gasteiger partial charge on any atom is 0.308 e. The maximum atomic E-state index is 12.8. The van der Waals surface area contributed by atoms with E-state index in [0.717, 1.165) is 5.56 Å². The second kappa shape index (κ2) is 9.66. The van der Waals surface area contributed by atoms with Crippen molar-refractivity contribution in [2.24, 2.45) is 0 Å². The Morgan fingerprint density at radius 2 is 1.90 bits per heavy atom. The molecule has 1 N–H and O–H groups in total. The summed E-state index contributed by atoms with van der Waals surface area (Å²) in [6.45, 7) is 1.76. The molecule has 1 aromatic heterocycles. The minimum absolute atomic E-state index is 0.0161. The molecule has 31 heavy (non-hydrogen) atoms. The first-order valence-electron chi connectivity index (χ1n) is 9.55. The Morgan fingerprint density at radius 1 is 1.16 bits per heavy atom. The number of esters is 1. The van der Waals surface area contributed by atoms with E-state index in [1.54, 1.807) is 56.5 Å². The summed E-state index contributed by atoms with van der Waals surface area (Å²) >= 11 is 5.91. The zero-order valence-electron chi connectivity index (χ0n) is 17.5. The molecule has 0 spiro atoms. The highest BCUT2D eigenvalue weighted by molar-refractivity contribution is 6.30. The number of benzene rings is 2. The number of hydrogen-bond donors (Lipinski definition) is 1. The van der Waals surface area contributed by atoms with Crippen molar-refractivity contribution in [1.82, 2.24) is 10.3 Å². The molecule has 2 aromatic carbocycles. The van der Waals surface area contributed by atoms with Gasteiger partial charge < -0.3 is 19.2 Å². The lowest BCUT2D eigenvalue weighted by Crippen LogP contribution is -2.45. The van der Waals surface area contributed by atoms with Crippen LogP contribution in [0.15, 0.2) is 59.2 Å². The molecule has 8 heteroatoms. The number of carbonyl (C=O) groups excluding carboxylic acids is 2. The maximum absolute atomic E-state index is 12.8. The molecule has 0 bridgehead atoms. The topological polar surface area (TPSA) is 90.7 Å². The van der Waals surface area contributed by atoms with E-state index in [1.807, 2.05) is 6.07 Å². The number of carbonyl (C=O) groups is 2. The number of aromatic nitrogens is 1. The van der Waals surface area contributed by atoms with Crippen molar-refractivity contribution in [2.75, 3.05) is 14.2 Å². The van der Waals surface area contributed by atoms with Crippen molar-refractivity contribution < 1.29 is 23.5 Å². The number of amides is 1. The van der Waals surface area contributed by atoms with E-state index in [9.17, 15) is 9.59 Å². The van der Waals surface area contributed by atoms with Crippen LogP contribution in [0.4, 0.5) is 0 Å². The van der Waals surface area contributed by atoms with Crippen LogP contribution in [0, 0.1) is 0 Å². The quantitative estimate of drug-likeness (QED) is 0.527. The van der Waals surface area contributed by atoms with Gasteiger partial charge >= 0.3 is 5.97 Å².